The van der Waals surface area contributed by atoms with Crippen molar-refractivity contribution in [2.75, 3.05) is 18.0 Å². The summed E-state index contributed by atoms with van der Waals surface area (Å²) < 4.78 is 0. The molecule has 0 saturated heterocycles. The Morgan fingerprint density at radius 2 is 2.17 bits per heavy atom. The van der Waals surface area contributed by atoms with E-state index in [1.165, 1.54) is 24.1 Å². The van der Waals surface area contributed by atoms with Gasteiger partial charge in [0.2, 0.25) is 0 Å². The van der Waals surface area contributed by atoms with Crippen LogP contribution in [0.3, 0.4) is 0 Å². The van der Waals surface area contributed by atoms with Gasteiger partial charge in [-0.05, 0) is 44.9 Å². The highest BCUT2D eigenvalue weighted by Crippen LogP contribution is 2.37. The van der Waals surface area contributed by atoms with Crippen molar-refractivity contribution in [1.29, 1.82) is 0 Å². The summed E-state index contributed by atoms with van der Waals surface area (Å²) >= 11 is 1.80. The van der Waals surface area contributed by atoms with Crippen LogP contribution in [0.15, 0.2) is 0 Å². The molecule has 4 heteroatoms. The molecule has 0 bridgehead atoms. The first-order chi connectivity index (χ1) is 8.78. The number of aliphatic hydroxyl groups excluding tert-OH is 1. The van der Waals surface area contributed by atoms with Crippen LogP contribution in [0, 0.1) is 5.92 Å². The third kappa shape index (κ3) is 2.28. The number of hydrogen-bond acceptors (Lipinski definition) is 4. The molecule has 1 atom stereocenters. The Bertz CT molecular complexity index is 414. The summed E-state index contributed by atoms with van der Waals surface area (Å²) in [5, 5.41) is 11.1. The van der Waals surface area contributed by atoms with Gasteiger partial charge in [-0.15, -0.1) is 11.3 Å². The van der Waals surface area contributed by atoms with Gasteiger partial charge in [-0.3, -0.25) is 0 Å². The van der Waals surface area contributed by atoms with Crippen molar-refractivity contribution in [3.63, 3.8) is 0 Å². The quantitative estimate of drug-likeness (QED) is 0.909. The maximum absolute atomic E-state index is 9.99. The summed E-state index contributed by atoms with van der Waals surface area (Å²) in [6.45, 7) is 4.38. The maximum atomic E-state index is 9.99. The molecule has 1 heterocycles. The van der Waals surface area contributed by atoms with Gasteiger partial charge in [0.15, 0.2) is 5.13 Å². The van der Waals surface area contributed by atoms with E-state index in [0.717, 1.165) is 49.1 Å². The Labute approximate surface area is 113 Å². The molecule has 2 aliphatic carbocycles. The number of nitrogens with zero attached hydrogens (tertiary/aromatic N) is 2. The largest absolute Gasteiger partial charge is 0.387 e. The smallest absolute Gasteiger partial charge is 0.185 e. The Morgan fingerprint density at radius 1 is 1.33 bits per heavy atom. The first-order valence-electron chi connectivity index (χ1n) is 7.20. The molecular weight excluding hydrogens is 244 g/mol. The van der Waals surface area contributed by atoms with E-state index in [-0.39, 0.29) is 6.10 Å². The van der Waals surface area contributed by atoms with E-state index in [4.69, 9.17) is 4.98 Å². The number of fused-ring (bicyclic) bond motifs is 1. The summed E-state index contributed by atoms with van der Waals surface area (Å²) in [7, 11) is 0. The number of aryl methyl sites for hydroxylation is 1. The minimum Gasteiger partial charge on any atom is -0.387 e. The van der Waals surface area contributed by atoms with Crippen LogP contribution in [-0.4, -0.2) is 23.2 Å². The lowest BCUT2D eigenvalue weighted by atomic mass is 9.85. The molecule has 1 N–H and O–H groups in total. The van der Waals surface area contributed by atoms with Gasteiger partial charge in [-0.25, -0.2) is 4.98 Å². The molecule has 1 unspecified atom stereocenters. The van der Waals surface area contributed by atoms with E-state index in [2.05, 4.69) is 11.8 Å². The predicted octanol–water partition coefficient (Wildman–Crippen LogP) is 3.14. The van der Waals surface area contributed by atoms with Crippen molar-refractivity contribution in [2.24, 2.45) is 5.92 Å². The van der Waals surface area contributed by atoms with Crippen LogP contribution >= 0.6 is 11.3 Å². The maximum Gasteiger partial charge on any atom is 0.185 e. The minimum atomic E-state index is -0.318. The van der Waals surface area contributed by atoms with Gasteiger partial charge in [0.05, 0.1) is 11.8 Å². The summed E-state index contributed by atoms with van der Waals surface area (Å²) in [6, 6.07) is 0. The molecule has 1 saturated carbocycles. The van der Waals surface area contributed by atoms with E-state index in [1.54, 1.807) is 11.3 Å². The lowest BCUT2D eigenvalue weighted by Gasteiger charge is -2.31. The molecule has 1 aromatic heterocycles. The second-order valence-electron chi connectivity index (χ2n) is 5.55. The van der Waals surface area contributed by atoms with E-state index in [1.807, 2.05) is 0 Å². The number of anilines is 1. The summed E-state index contributed by atoms with van der Waals surface area (Å²) in [5.41, 5.74) is 0.966. The zero-order valence-corrected chi connectivity index (χ0v) is 11.9. The van der Waals surface area contributed by atoms with Crippen molar-refractivity contribution < 1.29 is 5.11 Å². The molecular formula is C14H22N2OS. The van der Waals surface area contributed by atoms with E-state index in [9.17, 15) is 5.11 Å². The van der Waals surface area contributed by atoms with Crippen molar-refractivity contribution in [3.8, 4) is 0 Å². The molecule has 3 nitrogen and oxygen atoms in total. The second kappa shape index (κ2) is 5.17. The number of aliphatic hydroxyl groups is 1. The van der Waals surface area contributed by atoms with Crippen molar-refractivity contribution in [2.45, 2.75) is 51.6 Å². The van der Waals surface area contributed by atoms with Gasteiger partial charge in [-0.1, -0.05) is 6.42 Å². The van der Waals surface area contributed by atoms with Crippen molar-refractivity contribution in [1.82, 2.24) is 4.98 Å². The van der Waals surface area contributed by atoms with Crippen LogP contribution in [0.1, 0.15) is 55.7 Å². The average molecular weight is 266 g/mol. The summed E-state index contributed by atoms with van der Waals surface area (Å²) in [4.78, 5) is 8.43. The standard InChI is InChI=1S/C14H22N2OS/c1-2-16(9-10-5-3-6-10)14-15-13-11(17)7-4-8-12(13)18-14/h10-11,17H,2-9H2,1H3. The first kappa shape index (κ1) is 12.4. The van der Waals surface area contributed by atoms with Crippen molar-refractivity contribution in [3.05, 3.63) is 10.6 Å². The number of rotatable bonds is 4. The molecule has 0 radical (unpaired) electrons. The zero-order valence-electron chi connectivity index (χ0n) is 11.1. The van der Waals surface area contributed by atoms with Crippen LogP contribution in [0.4, 0.5) is 5.13 Å². The van der Waals surface area contributed by atoms with Crippen LogP contribution < -0.4 is 4.90 Å². The molecule has 0 aliphatic heterocycles. The highest BCUT2D eigenvalue weighted by molar-refractivity contribution is 7.15. The summed E-state index contributed by atoms with van der Waals surface area (Å²) in [5.74, 6) is 0.871. The monoisotopic (exact) mass is 266 g/mol. The van der Waals surface area contributed by atoms with Crippen LogP contribution in [0.25, 0.3) is 0 Å². The Kier molecular flexibility index (Phi) is 3.57. The first-order valence-corrected chi connectivity index (χ1v) is 8.02. The van der Waals surface area contributed by atoms with Gasteiger partial charge in [0.1, 0.15) is 0 Å². The fraction of sp³-hybridized carbons (Fsp3) is 0.786. The highest BCUT2D eigenvalue weighted by Gasteiger charge is 2.26. The normalized spacial score (nSPS) is 23.6. The van der Waals surface area contributed by atoms with E-state index in [0.29, 0.717) is 0 Å². The molecule has 100 valence electrons. The second-order valence-corrected chi connectivity index (χ2v) is 6.61. The Hall–Kier alpha value is -0.610. The predicted molar refractivity (Wildman–Crippen MR) is 75.2 cm³/mol. The SMILES string of the molecule is CCN(CC1CCC1)c1nc2c(s1)CCCC2O. The van der Waals surface area contributed by atoms with E-state index >= 15 is 0 Å². The molecule has 0 aromatic carbocycles. The van der Waals surface area contributed by atoms with Gasteiger partial charge in [0, 0.05) is 18.0 Å². The van der Waals surface area contributed by atoms with Crippen LogP contribution in [0.2, 0.25) is 0 Å². The molecule has 18 heavy (non-hydrogen) atoms. The fourth-order valence-electron chi connectivity index (χ4n) is 2.85. The third-order valence-electron chi connectivity index (χ3n) is 4.27. The molecule has 0 spiro atoms. The van der Waals surface area contributed by atoms with Crippen molar-refractivity contribution >= 4 is 16.5 Å². The van der Waals surface area contributed by atoms with Crippen LogP contribution in [0.5, 0.6) is 0 Å². The third-order valence-corrected chi connectivity index (χ3v) is 5.46. The summed E-state index contributed by atoms with van der Waals surface area (Å²) in [6.07, 6.45) is 6.92. The number of aromatic nitrogens is 1. The number of thiazole rings is 1. The Balaban J connectivity index is 1.77. The van der Waals surface area contributed by atoms with Gasteiger partial charge < -0.3 is 10.0 Å². The van der Waals surface area contributed by atoms with Gasteiger partial charge in [-0.2, -0.15) is 0 Å². The zero-order chi connectivity index (χ0) is 12.5. The molecule has 3 rings (SSSR count). The molecule has 1 aromatic rings. The highest BCUT2D eigenvalue weighted by atomic mass is 32.1. The van der Waals surface area contributed by atoms with Gasteiger partial charge >= 0.3 is 0 Å². The van der Waals surface area contributed by atoms with Gasteiger partial charge in [0.25, 0.3) is 0 Å². The van der Waals surface area contributed by atoms with E-state index < -0.39 is 0 Å². The fourth-order valence-corrected chi connectivity index (χ4v) is 4.08. The Morgan fingerprint density at radius 3 is 2.78 bits per heavy atom. The molecule has 0 amide bonds. The molecule has 1 fully saturated rings. The molecule has 2 aliphatic rings. The topological polar surface area (TPSA) is 36.4 Å². The average Bonchev–Trinajstić information content (AvgIpc) is 2.73. The number of hydrogen-bond donors (Lipinski definition) is 1. The minimum absolute atomic E-state index is 0.318. The van der Waals surface area contributed by atoms with Crippen LogP contribution in [-0.2, 0) is 6.42 Å². The lowest BCUT2D eigenvalue weighted by Crippen LogP contribution is -2.32. The lowest BCUT2D eigenvalue weighted by molar-refractivity contribution is 0.153.